The van der Waals surface area contributed by atoms with E-state index >= 15 is 0 Å². The quantitative estimate of drug-likeness (QED) is 0.834. The Morgan fingerprint density at radius 1 is 1.48 bits per heavy atom. The van der Waals surface area contributed by atoms with Crippen molar-refractivity contribution in [3.05, 3.63) is 23.2 Å². The Morgan fingerprint density at radius 2 is 2.24 bits per heavy atom. The van der Waals surface area contributed by atoms with Gasteiger partial charge in [0, 0.05) is 43.7 Å². The lowest BCUT2D eigenvalue weighted by atomic mass is 10.2. The van der Waals surface area contributed by atoms with Crippen LogP contribution in [0.3, 0.4) is 0 Å². The Hall–Kier alpha value is -1.30. The molecule has 6 heteroatoms. The van der Waals surface area contributed by atoms with Crippen LogP contribution in [0.2, 0.25) is 5.02 Å². The van der Waals surface area contributed by atoms with Crippen LogP contribution in [0, 0.1) is 0 Å². The van der Waals surface area contributed by atoms with E-state index in [2.05, 4.69) is 29.1 Å². The van der Waals surface area contributed by atoms with Gasteiger partial charge in [0.2, 0.25) is 5.91 Å². The van der Waals surface area contributed by atoms with Crippen molar-refractivity contribution in [2.45, 2.75) is 19.4 Å². The summed E-state index contributed by atoms with van der Waals surface area (Å²) in [5, 5.41) is 3.40. The molecule has 5 nitrogen and oxygen atoms in total. The molecular formula is C15H23ClN4O. The molecule has 1 aromatic rings. The number of carbonyl (C=O) groups is 1. The molecule has 0 saturated carbocycles. The van der Waals surface area contributed by atoms with Crippen LogP contribution in [-0.4, -0.2) is 55.0 Å². The van der Waals surface area contributed by atoms with E-state index in [1.165, 1.54) is 0 Å². The Labute approximate surface area is 131 Å². The number of nitrogens with zero attached hydrogens (tertiary/aromatic N) is 2. The van der Waals surface area contributed by atoms with Gasteiger partial charge in [-0.2, -0.15) is 0 Å². The largest absolute Gasteiger partial charge is 0.397 e. The number of nitrogen functional groups attached to an aromatic ring is 1. The fourth-order valence-electron chi connectivity index (χ4n) is 2.45. The highest BCUT2D eigenvalue weighted by molar-refractivity contribution is 6.31. The summed E-state index contributed by atoms with van der Waals surface area (Å²) in [4.78, 5) is 16.7. The van der Waals surface area contributed by atoms with Crippen LogP contribution in [0.15, 0.2) is 18.2 Å². The molecule has 1 aromatic carbocycles. The van der Waals surface area contributed by atoms with Gasteiger partial charge in [0.25, 0.3) is 0 Å². The molecule has 1 amide bonds. The second kappa shape index (κ2) is 7.11. The first-order valence-electron chi connectivity index (χ1n) is 7.23. The van der Waals surface area contributed by atoms with Crippen molar-refractivity contribution >= 4 is 28.9 Å². The van der Waals surface area contributed by atoms with E-state index in [0.29, 0.717) is 28.9 Å². The molecule has 3 N–H and O–H groups in total. The molecular weight excluding hydrogens is 288 g/mol. The van der Waals surface area contributed by atoms with Gasteiger partial charge in [0.15, 0.2) is 0 Å². The summed E-state index contributed by atoms with van der Waals surface area (Å²) in [6.07, 6.45) is 0.471. The Morgan fingerprint density at radius 3 is 2.90 bits per heavy atom. The average Bonchev–Trinajstić information content (AvgIpc) is 2.43. The molecule has 0 aliphatic carbocycles. The van der Waals surface area contributed by atoms with Crippen molar-refractivity contribution in [2.75, 3.05) is 44.3 Å². The Kier molecular flexibility index (Phi) is 5.45. The van der Waals surface area contributed by atoms with Crippen LogP contribution in [0.1, 0.15) is 13.3 Å². The van der Waals surface area contributed by atoms with Gasteiger partial charge < -0.3 is 20.9 Å². The number of halogens is 1. The van der Waals surface area contributed by atoms with Crippen LogP contribution >= 0.6 is 11.6 Å². The van der Waals surface area contributed by atoms with E-state index in [0.717, 1.165) is 26.2 Å². The zero-order chi connectivity index (χ0) is 15.4. The lowest BCUT2D eigenvalue weighted by Crippen LogP contribution is -2.50. The third-order valence-electron chi connectivity index (χ3n) is 3.99. The Balaban J connectivity index is 1.80. The fourth-order valence-corrected chi connectivity index (χ4v) is 2.63. The number of likely N-dealkylation sites (N-methyl/N-ethyl adjacent to an activating group) is 1. The first-order valence-corrected chi connectivity index (χ1v) is 7.61. The maximum Gasteiger partial charge on any atom is 0.225 e. The number of nitrogens with one attached hydrogen (secondary N) is 1. The predicted octanol–water partition coefficient (Wildman–Crippen LogP) is 1.89. The molecule has 1 saturated heterocycles. The smallest absolute Gasteiger partial charge is 0.225 e. The highest BCUT2D eigenvalue weighted by Crippen LogP contribution is 2.22. The number of nitrogens with two attached hydrogens (primary N) is 1. The summed E-state index contributed by atoms with van der Waals surface area (Å²) >= 11 is 5.84. The molecule has 0 spiro atoms. The van der Waals surface area contributed by atoms with E-state index < -0.39 is 0 Å². The minimum Gasteiger partial charge on any atom is -0.397 e. The second-order valence-electron chi connectivity index (χ2n) is 5.66. The predicted molar refractivity (Wildman–Crippen MR) is 87.6 cm³/mol. The highest BCUT2D eigenvalue weighted by atomic mass is 35.5. The van der Waals surface area contributed by atoms with Crippen molar-refractivity contribution in [3.8, 4) is 0 Å². The third-order valence-corrected chi connectivity index (χ3v) is 4.22. The number of amides is 1. The van der Waals surface area contributed by atoms with Crippen LogP contribution in [0.25, 0.3) is 0 Å². The lowest BCUT2D eigenvalue weighted by Gasteiger charge is -2.37. The van der Waals surface area contributed by atoms with E-state index in [4.69, 9.17) is 17.3 Å². The molecule has 0 bridgehead atoms. The zero-order valence-electron chi connectivity index (χ0n) is 12.6. The number of anilines is 2. The van der Waals surface area contributed by atoms with Crippen LogP contribution in [0.4, 0.5) is 11.4 Å². The molecule has 1 heterocycles. The summed E-state index contributed by atoms with van der Waals surface area (Å²) in [5.41, 5.74) is 6.94. The summed E-state index contributed by atoms with van der Waals surface area (Å²) in [6.45, 7) is 6.05. The van der Waals surface area contributed by atoms with Gasteiger partial charge in [0.1, 0.15) is 0 Å². The molecule has 1 unspecified atom stereocenters. The molecule has 1 aliphatic heterocycles. The first kappa shape index (κ1) is 16.1. The van der Waals surface area contributed by atoms with Crippen LogP contribution < -0.4 is 11.1 Å². The van der Waals surface area contributed by atoms with Gasteiger partial charge in [-0.3, -0.25) is 4.79 Å². The zero-order valence-corrected chi connectivity index (χ0v) is 13.4. The van der Waals surface area contributed by atoms with Crippen molar-refractivity contribution in [1.29, 1.82) is 0 Å². The SMILES string of the molecule is CC1CN(CCC(=O)Nc2ccc(Cl)cc2N)CCN1C. The molecule has 2 rings (SSSR count). The molecule has 116 valence electrons. The van der Waals surface area contributed by atoms with E-state index in [9.17, 15) is 4.79 Å². The molecule has 0 aromatic heterocycles. The molecule has 21 heavy (non-hydrogen) atoms. The maximum absolute atomic E-state index is 12.0. The molecule has 1 aliphatic rings. The minimum absolute atomic E-state index is 0.0180. The molecule has 0 radical (unpaired) electrons. The number of benzene rings is 1. The maximum atomic E-state index is 12.0. The normalized spacial score (nSPS) is 20.4. The van der Waals surface area contributed by atoms with Gasteiger partial charge in [-0.15, -0.1) is 0 Å². The first-order chi connectivity index (χ1) is 9.95. The van der Waals surface area contributed by atoms with E-state index in [1.807, 2.05) is 0 Å². The summed E-state index contributed by atoms with van der Waals surface area (Å²) < 4.78 is 0. The van der Waals surface area contributed by atoms with E-state index in [-0.39, 0.29) is 5.91 Å². The van der Waals surface area contributed by atoms with Crippen molar-refractivity contribution < 1.29 is 4.79 Å². The summed E-state index contributed by atoms with van der Waals surface area (Å²) in [6, 6.07) is 5.62. The lowest BCUT2D eigenvalue weighted by molar-refractivity contribution is -0.116. The highest BCUT2D eigenvalue weighted by Gasteiger charge is 2.20. The van der Waals surface area contributed by atoms with Gasteiger partial charge >= 0.3 is 0 Å². The number of hydrogen-bond donors (Lipinski definition) is 2. The topological polar surface area (TPSA) is 61.6 Å². The third kappa shape index (κ3) is 4.59. The van der Waals surface area contributed by atoms with Crippen molar-refractivity contribution in [2.24, 2.45) is 0 Å². The molecule has 1 atom stereocenters. The van der Waals surface area contributed by atoms with Gasteiger partial charge in [0.05, 0.1) is 11.4 Å². The monoisotopic (exact) mass is 310 g/mol. The number of hydrogen-bond acceptors (Lipinski definition) is 4. The second-order valence-corrected chi connectivity index (χ2v) is 6.10. The average molecular weight is 311 g/mol. The minimum atomic E-state index is -0.0180. The number of rotatable bonds is 4. The van der Waals surface area contributed by atoms with Gasteiger partial charge in [-0.05, 0) is 32.2 Å². The van der Waals surface area contributed by atoms with Crippen LogP contribution in [-0.2, 0) is 4.79 Å². The number of piperazine rings is 1. The summed E-state index contributed by atoms with van der Waals surface area (Å²) in [5.74, 6) is -0.0180. The van der Waals surface area contributed by atoms with Gasteiger partial charge in [-0.25, -0.2) is 0 Å². The van der Waals surface area contributed by atoms with Crippen molar-refractivity contribution in [1.82, 2.24) is 9.80 Å². The van der Waals surface area contributed by atoms with Crippen molar-refractivity contribution in [3.63, 3.8) is 0 Å². The van der Waals surface area contributed by atoms with E-state index in [1.54, 1.807) is 18.2 Å². The fraction of sp³-hybridized carbons (Fsp3) is 0.533. The Bertz CT molecular complexity index is 508. The molecule has 1 fully saturated rings. The number of carbonyl (C=O) groups excluding carboxylic acids is 1. The van der Waals surface area contributed by atoms with Crippen LogP contribution in [0.5, 0.6) is 0 Å². The standard InChI is InChI=1S/C15H23ClN4O/c1-11-10-20(8-7-19(11)2)6-5-15(21)18-14-4-3-12(16)9-13(14)17/h3-4,9,11H,5-8,10,17H2,1-2H3,(H,18,21). The van der Waals surface area contributed by atoms with Gasteiger partial charge in [-0.1, -0.05) is 11.6 Å². The summed E-state index contributed by atoms with van der Waals surface area (Å²) in [7, 11) is 2.14.